The van der Waals surface area contributed by atoms with Crippen LogP contribution in [-0.4, -0.2) is 71.3 Å². The Labute approximate surface area is 90.0 Å². The van der Waals surface area contributed by atoms with E-state index in [0.717, 1.165) is 32.7 Å². The molecule has 0 aliphatic carbocycles. The number of β-amino-alcohol motifs (C(OH)–C–C–N with tert-alkyl or cyclic N) is 1. The molecular weight excluding hydrogens is 196 g/mol. The summed E-state index contributed by atoms with van der Waals surface area (Å²) in [6.45, 7) is 6.47. The highest BCUT2D eigenvalue weighted by Crippen LogP contribution is 2.05. The molecule has 15 heavy (non-hydrogen) atoms. The van der Waals surface area contributed by atoms with Crippen LogP contribution in [0, 0.1) is 0 Å². The lowest BCUT2D eigenvalue weighted by Crippen LogP contribution is -2.53. The van der Waals surface area contributed by atoms with E-state index in [9.17, 15) is 0 Å². The van der Waals surface area contributed by atoms with Crippen LogP contribution in [0.3, 0.4) is 0 Å². The molecule has 0 aromatic rings. The normalized spacial score (nSPS) is 22.9. The average Bonchev–Trinajstić information content (AvgIpc) is 2.28. The van der Waals surface area contributed by atoms with Gasteiger partial charge in [-0.3, -0.25) is 9.80 Å². The lowest BCUT2D eigenvalue weighted by molar-refractivity contribution is 0.104. The SMILES string of the molecule is CC(C(N)=NO)N1CCN(CCO)CC1. The van der Waals surface area contributed by atoms with Gasteiger partial charge in [0.1, 0.15) is 0 Å². The van der Waals surface area contributed by atoms with Crippen LogP contribution < -0.4 is 5.73 Å². The highest BCUT2D eigenvalue weighted by molar-refractivity contribution is 5.84. The Bertz CT molecular complexity index is 214. The zero-order valence-electron chi connectivity index (χ0n) is 9.13. The van der Waals surface area contributed by atoms with Crippen LogP contribution in [0.15, 0.2) is 5.16 Å². The summed E-state index contributed by atoms with van der Waals surface area (Å²) in [5.41, 5.74) is 5.55. The molecule has 1 saturated heterocycles. The summed E-state index contributed by atoms with van der Waals surface area (Å²) in [6, 6.07) is -0.0220. The van der Waals surface area contributed by atoms with E-state index in [4.69, 9.17) is 16.0 Å². The van der Waals surface area contributed by atoms with Gasteiger partial charge in [-0.1, -0.05) is 5.16 Å². The molecule has 0 aromatic carbocycles. The van der Waals surface area contributed by atoms with Crippen LogP contribution in [0.5, 0.6) is 0 Å². The number of aliphatic hydroxyl groups is 1. The molecule has 0 amide bonds. The lowest BCUT2D eigenvalue weighted by Gasteiger charge is -2.37. The Morgan fingerprint density at radius 2 is 2.00 bits per heavy atom. The van der Waals surface area contributed by atoms with Crippen molar-refractivity contribution in [2.24, 2.45) is 10.9 Å². The molecular formula is C9H20N4O2. The van der Waals surface area contributed by atoms with Gasteiger partial charge in [-0.25, -0.2) is 0 Å². The topological polar surface area (TPSA) is 85.3 Å². The fourth-order valence-corrected chi connectivity index (χ4v) is 1.79. The highest BCUT2D eigenvalue weighted by atomic mass is 16.4. The number of oxime groups is 1. The van der Waals surface area contributed by atoms with Crippen LogP contribution in [0.2, 0.25) is 0 Å². The summed E-state index contributed by atoms with van der Waals surface area (Å²) in [5.74, 6) is 0.255. The number of hydrogen-bond donors (Lipinski definition) is 3. The standard InChI is InChI=1S/C9H20N4O2/c1-8(9(10)11-15)13-4-2-12(3-5-13)6-7-14/h8,14-15H,2-7H2,1H3,(H2,10,11). The molecule has 4 N–H and O–H groups in total. The minimum Gasteiger partial charge on any atom is -0.409 e. The zero-order chi connectivity index (χ0) is 11.3. The van der Waals surface area contributed by atoms with E-state index in [1.807, 2.05) is 6.92 Å². The Kier molecular flexibility index (Phi) is 4.80. The maximum absolute atomic E-state index is 8.79. The number of aliphatic hydroxyl groups excluding tert-OH is 1. The number of nitrogens with zero attached hydrogens (tertiary/aromatic N) is 3. The monoisotopic (exact) mass is 216 g/mol. The highest BCUT2D eigenvalue weighted by Gasteiger charge is 2.22. The molecule has 6 heteroatoms. The lowest BCUT2D eigenvalue weighted by atomic mass is 10.2. The quantitative estimate of drug-likeness (QED) is 0.236. The first-order valence-electron chi connectivity index (χ1n) is 5.23. The number of rotatable bonds is 4. The summed E-state index contributed by atoms with van der Waals surface area (Å²) >= 11 is 0. The predicted octanol–water partition coefficient (Wildman–Crippen LogP) is -1.27. The van der Waals surface area contributed by atoms with E-state index < -0.39 is 0 Å². The zero-order valence-corrected chi connectivity index (χ0v) is 9.13. The van der Waals surface area contributed by atoms with Crippen molar-refractivity contribution in [3.05, 3.63) is 0 Å². The predicted molar refractivity (Wildman–Crippen MR) is 58.0 cm³/mol. The average molecular weight is 216 g/mol. The van der Waals surface area contributed by atoms with Gasteiger partial charge in [0.15, 0.2) is 5.84 Å². The first-order valence-corrected chi connectivity index (χ1v) is 5.23. The van der Waals surface area contributed by atoms with Crippen molar-refractivity contribution in [2.75, 3.05) is 39.3 Å². The fourth-order valence-electron chi connectivity index (χ4n) is 1.79. The molecule has 1 unspecified atom stereocenters. The Morgan fingerprint density at radius 1 is 1.40 bits per heavy atom. The van der Waals surface area contributed by atoms with Crippen LogP contribution >= 0.6 is 0 Å². The molecule has 1 atom stereocenters. The minimum absolute atomic E-state index is 0.0220. The van der Waals surface area contributed by atoms with Crippen molar-refractivity contribution < 1.29 is 10.3 Å². The van der Waals surface area contributed by atoms with Crippen molar-refractivity contribution in [3.8, 4) is 0 Å². The largest absolute Gasteiger partial charge is 0.409 e. The number of piperazine rings is 1. The fraction of sp³-hybridized carbons (Fsp3) is 0.889. The molecule has 1 fully saturated rings. The van der Waals surface area contributed by atoms with Gasteiger partial charge in [-0.05, 0) is 6.92 Å². The van der Waals surface area contributed by atoms with Gasteiger partial charge >= 0.3 is 0 Å². The van der Waals surface area contributed by atoms with Crippen molar-refractivity contribution in [1.29, 1.82) is 0 Å². The summed E-state index contributed by atoms with van der Waals surface area (Å²) in [7, 11) is 0. The van der Waals surface area contributed by atoms with Gasteiger partial charge < -0.3 is 16.0 Å². The van der Waals surface area contributed by atoms with E-state index in [0.29, 0.717) is 0 Å². The van der Waals surface area contributed by atoms with Gasteiger partial charge in [0.2, 0.25) is 0 Å². The van der Waals surface area contributed by atoms with Crippen molar-refractivity contribution in [1.82, 2.24) is 9.80 Å². The van der Waals surface area contributed by atoms with E-state index >= 15 is 0 Å². The molecule has 6 nitrogen and oxygen atoms in total. The smallest absolute Gasteiger partial charge is 0.156 e. The van der Waals surface area contributed by atoms with Crippen molar-refractivity contribution in [3.63, 3.8) is 0 Å². The molecule has 0 radical (unpaired) electrons. The summed E-state index contributed by atoms with van der Waals surface area (Å²) in [4.78, 5) is 4.37. The van der Waals surface area contributed by atoms with Crippen molar-refractivity contribution in [2.45, 2.75) is 13.0 Å². The second-order valence-corrected chi connectivity index (χ2v) is 3.80. The first kappa shape index (κ1) is 12.2. The molecule has 0 aromatic heterocycles. The van der Waals surface area contributed by atoms with Gasteiger partial charge in [-0.2, -0.15) is 0 Å². The molecule has 1 rings (SSSR count). The third-order valence-corrected chi connectivity index (χ3v) is 2.91. The minimum atomic E-state index is -0.0220. The number of nitrogens with two attached hydrogens (primary N) is 1. The molecule has 0 spiro atoms. The van der Waals surface area contributed by atoms with Gasteiger partial charge in [-0.15, -0.1) is 0 Å². The van der Waals surface area contributed by atoms with Crippen LogP contribution in [0.4, 0.5) is 0 Å². The van der Waals surface area contributed by atoms with E-state index in [1.54, 1.807) is 0 Å². The maximum Gasteiger partial charge on any atom is 0.156 e. The van der Waals surface area contributed by atoms with Crippen LogP contribution in [-0.2, 0) is 0 Å². The van der Waals surface area contributed by atoms with Gasteiger partial charge in [0.05, 0.1) is 12.6 Å². The first-order chi connectivity index (χ1) is 7.19. The van der Waals surface area contributed by atoms with Crippen LogP contribution in [0.1, 0.15) is 6.92 Å². The number of amidine groups is 1. The summed E-state index contributed by atoms with van der Waals surface area (Å²) < 4.78 is 0. The Hall–Kier alpha value is -0.850. The molecule has 1 heterocycles. The second kappa shape index (κ2) is 5.89. The van der Waals surface area contributed by atoms with E-state index in [2.05, 4.69) is 15.0 Å². The van der Waals surface area contributed by atoms with Gasteiger partial charge in [0, 0.05) is 32.7 Å². The van der Waals surface area contributed by atoms with Crippen molar-refractivity contribution >= 4 is 5.84 Å². The molecule has 0 saturated carbocycles. The summed E-state index contributed by atoms with van der Waals surface area (Å²) in [5, 5.41) is 20.4. The Morgan fingerprint density at radius 3 is 2.47 bits per heavy atom. The third kappa shape index (κ3) is 3.33. The summed E-state index contributed by atoms with van der Waals surface area (Å²) in [6.07, 6.45) is 0. The van der Waals surface area contributed by atoms with E-state index in [1.165, 1.54) is 0 Å². The molecule has 1 aliphatic heterocycles. The Balaban J connectivity index is 2.36. The molecule has 1 aliphatic rings. The van der Waals surface area contributed by atoms with E-state index in [-0.39, 0.29) is 18.5 Å². The third-order valence-electron chi connectivity index (χ3n) is 2.91. The maximum atomic E-state index is 8.79. The molecule has 88 valence electrons. The number of hydrogen-bond acceptors (Lipinski definition) is 5. The second-order valence-electron chi connectivity index (χ2n) is 3.80. The van der Waals surface area contributed by atoms with Gasteiger partial charge in [0.25, 0.3) is 0 Å². The van der Waals surface area contributed by atoms with Crippen LogP contribution in [0.25, 0.3) is 0 Å². The molecule has 0 bridgehead atoms.